The van der Waals surface area contributed by atoms with E-state index in [2.05, 4.69) is 10.3 Å². The number of aromatic nitrogens is 1. The quantitative estimate of drug-likeness (QED) is 0.849. The van der Waals surface area contributed by atoms with Crippen molar-refractivity contribution < 1.29 is 4.79 Å². The van der Waals surface area contributed by atoms with Gasteiger partial charge in [-0.3, -0.25) is 9.88 Å². The van der Waals surface area contributed by atoms with E-state index in [4.69, 9.17) is 0 Å². The van der Waals surface area contributed by atoms with Gasteiger partial charge in [-0.25, -0.2) is 4.79 Å². The van der Waals surface area contributed by atoms with Crippen LogP contribution in [-0.4, -0.2) is 48.1 Å². The predicted molar refractivity (Wildman–Crippen MR) is 69.6 cm³/mol. The molecule has 3 heterocycles. The highest BCUT2D eigenvalue weighted by molar-refractivity contribution is 5.94. The number of carbonyl (C=O) groups excluding carboxylic acids is 1. The fourth-order valence-corrected chi connectivity index (χ4v) is 2.75. The molecule has 1 unspecified atom stereocenters. The molecule has 2 amide bonds. The van der Waals surface area contributed by atoms with Gasteiger partial charge in [0, 0.05) is 31.9 Å². The molecule has 0 radical (unpaired) electrons. The van der Waals surface area contributed by atoms with Crippen molar-refractivity contribution in [3.05, 3.63) is 24.5 Å². The van der Waals surface area contributed by atoms with E-state index in [0.29, 0.717) is 6.04 Å². The van der Waals surface area contributed by atoms with Crippen LogP contribution in [0.15, 0.2) is 24.5 Å². The Morgan fingerprint density at radius 3 is 3.06 bits per heavy atom. The summed E-state index contributed by atoms with van der Waals surface area (Å²) < 4.78 is 0. The monoisotopic (exact) mass is 246 g/mol. The number of carbonyl (C=O) groups is 1. The molecule has 1 atom stereocenters. The standard InChI is InChI=1S/C13H18N4O/c18-13-16(11-3-1-5-14-9-11)7-8-17(13)12-4-2-6-15-10-12/h1,3,5,9,12,15H,2,4,6-8,10H2. The first kappa shape index (κ1) is 11.5. The van der Waals surface area contributed by atoms with Crippen molar-refractivity contribution >= 4 is 11.7 Å². The average Bonchev–Trinajstić information content (AvgIpc) is 2.83. The van der Waals surface area contributed by atoms with Crippen molar-refractivity contribution in [2.45, 2.75) is 18.9 Å². The number of nitrogens with one attached hydrogen (secondary N) is 1. The van der Waals surface area contributed by atoms with E-state index in [1.165, 1.54) is 0 Å². The number of piperidine rings is 1. The van der Waals surface area contributed by atoms with E-state index in [9.17, 15) is 4.79 Å². The second-order valence-electron chi connectivity index (χ2n) is 4.84. The molecular weight excluding hydrogens is 228 g/mol. The fraction of sp³-hybridized carbons (Fsp3) is 0.538. The SMILES string of the molecule is O=C1N(c2cccnc2)CCN1C1CCCNC1. The number of urea groups is 1. The molecule has 1 N–H and O–H groups in total. The van der Waals surface area contributed by atoms with Gasteiger partial charge in [-0.05, 0) is 31.5 Å². The number of hydrogen-bond donors (Lipinski definition) is 1. The van der Waals surface area contributed by atoms with Crippen molar-refractivity contribution in [2.75, 3.05) is 31.1 Å². The molecule has 5 heteroatoms. The van der Waals surface area contributed by atoms with Gasteiger partial charge in [-0.15, -0.1) is 0 Å². The first-order chi connectivity index (χ1) is 8.86. The lowest BCUT2D eigenvalue weighted by Crippen LogP contribution is -2.47. The van der Waals surface area contributed by atoms with Gasteiger partial charge in [0.05, 0.1) is 11.9 Å². The normalized spacial score (nSPS) is 24.7. The van der Waals surface area contributed by atoms with Gasteiger partial charge in [0.15, 0.2) is 0 Å². The summed E-state index contributed by atoms with van der Waals surface area (Å²) in [6, 6.07) is 4.28. The van der Waals surface area contributed by atoms with Crippen LogP contribution < -0.4 is 10.2 Å². The molecule has 0 saturated carbocycles. The summed E-state index contributed by atoms with van der Waals surface area (Å²) in [4.78, 5) is 20.3. The first-order valence-corrected chi connectivity index (χ1v) is 6.55. The van der Waals surface area contributed by atoms with E-state index in [1.807, 2.05) is 21.9 Å². The Kier molecular flexibility index (Phi) is 3.15. The second kappa shape index (κ2) is 4.94. The topological polar surface area (TPSA) is 48.5 Å². The first-order valence-electron chi connectivity index (χ1n) is 6.55. The van der Waals surface area contributed by atoms with Gasteiger partial charge in [-0.1, -0.05) is 0 Å². The third kappa shape index (κ3) is 2.06. The molecule has 0 aromatic carbocycles. The van der Waals surface area contributed by atoms with Crippen LogP contribution in [0.2, 0.25) is 0 Å². The van der Waals surface area contributed by atoms with Crippen LogP contribution in [-0.2, 0) is 0 Å². The minimum absolute atomic E-state index is 0.122. The highest BCUT2D eigenvalue weighted by atomic mass is 16.2. The maximum atomic E-state index is 12.4. The molecule has 2 fully saturated rings. The number of amides is 2. The molecule has 2 saturated heterocycles. The molecule has 1 aromatic heterocycles. The number of anilines is 1. The summed E-state index contributed by atoms with van der Waals surface area (Å²) in [6.45, 7) is 3.58. The van der Waals surface area contributed by atoms with Crippen molar-refractivity contribution in [3.63, 3.8) is 0 Å². The van der Waals surface area contributed by atoms with Gasteiger partial charge in [-0.2, -0.15) is 0 Å². The molecule has 2 aliphatic heterocycles. The summed E-state index contributed by atoms with van der Waals surface area (Å²) >= 11 is 0. The van der Waals surface area contributed by atoms with Crippen molar-refractivity contribution in [2.24, 2.45) is 0 Å². The molecule has 2 aliphatic rings. The minimum atomic E-state index is 0.122. The second-order valence-corrected chi connectivity index (χ2v) is 4.84. The molecule has 96 valence electrons. The highest BCUT2D eigenvalue weighted by Crippen LogP contribution is 2.22. The summed E-state index contributed by atoms with van der Waals surface area (Å²) in [5.41, 5.74) is 0.897. The van der Waals surface area contributed by atoms with Crippen LogP contribution in [0.5, 0.6) is 0 Å². The number of rotatable bonds is 2. The average molecular weight is 246 g/mol. The fourth-order valence-electron chi connectivity index (χ4n) is 2.75. The third-order valence-electron chi connectivity index (χ3n) is 3.71. The maximum Gasteiger partial charge on any atom is 0.324 e. The maximum absolute atomic E-state index is 12.4. The van der Waals surface area contributed by atoms with Crippen molar-refractivity contribution in [3.8, 4) is 0 Å². The molecule has 0 aliphatic carbocycles. The molecular formula is C13H18N4O. The smallest absolute Gasteiger partial charge is 0.318 e. The zero-order valence-corrected chi connectivity index (χ0v) is 10.4. The zero-order valence-electron chi connectivity index (χ0n) is 10.4. The highest BCUT2D eigenvalue weighted by Gasteiger charge is 2.34. The molecule has 0 bridgehead atoms. The number of hydrogen-bond acceptors (Lipinski definition) is 3. The lowest BCUT2D eigenvalue weighted by Gasteiger charge is -2.31. The Bertz CT molecular complexity index is 416. The molecule has 0 spiro atoms. The molecule has 18 heavy (non-hydrogen) atoms. The predicted octanol–water partition coefficient (Wildman–Crippen LogP) is 1.08. The van der Waals surface area contributed by atoms with Crippen molar-refractivity contribution in [1.82, 2.24) is 15.2 Å². The van der Waals surface area contributed by atoms with Crippen LogP contribution >= 0.6 is 0 Å². The van der Waals surface area contributed by atoms with Gasteiger partial charge in [0.25, 0.3) is 0 Å². The summed E-state index contributed by atoms with van der Waals surface area (Å²) in [7, 11) is 0. The van der Waals surface area contributed by atoms with Gasteiger partial charge >= 0.3 is 6.03 Å². The van der Waals surface area contributed by atoms with Crippen molar-refractivity contribution in [1.29, 1.82) is 0 Å². The zero-order chi connectivity index (χ0) is 12.4. The van der Waals surface area contributed by atoms with Crippen LogP contribution in [0, 0.1) is 0 Å². The summed E-state index contributed by atoms with van der Waals surface area (Å²) in [5.74, 6) is 0. The lowest BCUT2D eigenvalue weighted by atomic mass is 10.1. The largest absolute Gasteiger partial charge is 0.324 e. The van der Waals surface area contributed by atoms with E-state index < -0.39 is 0 Å². The summed E-state index contributed by atoms with van der Waals surface area (Å²) in [6.07, 6.45) is 5.74. The summed E-state index contributed by atoms with van der Waals surface area (Å²) in [5, 5.41) is 3.36. The van der Waals surface area contributed by atoms with Crippen LogP contribution in [0.25, 0.3) is 0 Å². The molecule has 5 nitrogen and oxygen atoms in total. The molecule has 1 aromatic rings. The Labute approximate surface area is 107 Å². The molecule has 3 rings (SSSR count). The van der Waals surface area contributed by atoms with Crippen LogP contribution in [0.3, 0.4) is 0 Å². The third-order valence-corrected chi connectivity index (χ3v) is 3.71. The Balaban J connectivity index is 1.72. The Morgan fingerprint density at radius 2 is 2.33 bits per heavy atom. The van der Waals surface area contributed by atoms with E-state index in [1.54, 1.807) is 12.4 Å². The van der Waals surface area contributed by atoms with E-state index in [0.717, 1.165) is 44.7 Å². The number of pyridine rings is 1. The van der Waals surface area contributed by atoms with E-state index in [-0.39, 0.29) is 6.03 Å². The Morgan fingerprint density at radius 1 is 1.39 bits per heavy atom. The lowest BCUT2D eigenvalue weighted by molar-refractivity contribution is 0.187. The van der Waals surface area contributed by atoms with Crippen LogP contribution in [0.1, 0.15) is 12.8 Å². The Hall–Kier alpha value is -1.62. The van der Waals surface area contributed by atoms with Gasteiger partial charge < -0.3 is 10.2 Å². The minimum Gasteiger partial charge on any atom is -0.318 e. The number of nitrogens with zero attached hydrogens (tertiary/aromatic N) is 3. The van der Waals surface area contributed by atoms with Gasteiger partial charge in [0.1, 0.15) is 0 Å². The van der Waals surface area contributed by atoms with Gasteiger partial charge in [0.2, 0.25) is 0 Å². The van der Waals surface area contributed by atoms with E-state index >= 15 is 0 Å². The van der Waals surface area contributed by atoms with Crippen LogP contribution in [0.4, 0.5) is 10.5 Å².